The van der Waals surface area contributed by atoms with Crippen LogP contribution < -0.4 is 0 Å². The van der Waals surface area contributed by atoms with E-state index in [9.17, 15) is 51.1 Å². The molecular weight excluding hydrogens is 800 g/mol. The number of rotatable bonds is 10. The van der Waals surface area contributed by atoms with Gasteiger partial charge in [-0.15, -0.1) is 6.58 Å². The fourth-order valence-electron chi connectivity index (χ4n) is 13.2. The molecule has 61 heavy (non-hydrogen) atoms. The first kappa shape index (κ1) is 46.3. The van der Waals surface area contributed by atoms with E-state index >= 15 is 0 Å². The van der Waals surface area contributed by atoms with Gasteiger partial charge in [0.25, 0.3) is 0 Å². The Hall–Kier alpha value is -1.20. The largest absolute Gasteiger partial charge is 0.394 e. The summed E-state index contributed by atoms with van der Waals surface area (Å²) in [6.45, 7) is 13.2. The van der Waals surface area contributed by atoms with E-state index in [-0.39, 0.29) is 48.2 Å². The van der Waals surface area contributed by atoms with Crippen molar-refractivity contribution in [2.24, 2.45) is 40.4 Å². The van der Waals surface area contributed by atoms with Crippen molar-refractivity contribution in [1.82, 2.24) is 0 Å². The zero-order chi connectivity index (χ0) is 44.1. The number of fused-ring (bicyclic) bond motifs is 7. The summed E-state index contributed by atoms with van der Waals surface area (Å²) < 4.78 is 42.9. The fourth-order valence-corrected chi connectivity index (χ4v) is 13.2. The van der Waals surface area contributed by atoms with Gasteiger partial charge in [0.1, 0.15) is 61.0 Å². The van der Waals surface area contributed by atoms with Gasteiger partial charge in [-0.05, 0) is 81.5 Å². The molecule has 8 aliphatic rings. The standard InChI is InChI=1S/C44H70O17/c1-18(2)9-12-44(54)19(3)30-27(61-44)15-25-23-8-7-21-13-22(46)14-29(43(21,6)24(23)10-11-42(25,30)5)58-41-38(32(49)26(47)17-55-41)60-40-36(53)37(31(48)20(4)56-40)59-39-35(52)34(51)33(50)28(16-45)57-39/h7,19-20,22-41,45-54H,1,8-17H2,2-6H3/t19-,20-,22+,23+,24-,25-,26-,27-,28+,29+,30-,31-,32-,33+,34-,35+,36+,37+,38+,39-,40-,41-,42-,43-,44?/m0/s1. The predicted molar refractivity (Wildman–Crippen MR) is 211 cm³/mol. The van der Waals surface area contributed by atoms with Crippen LogP contribution >= 0.6 is 0 Å². The third kappa shape index (κ3) is 7.82. The first-order chi connectivity index (χ1) is 28.7. The molecule has 0 aromatic heterocycles. The molecule has 4 aliphatic heterocycles. The minimum Gasteiger partial charge on any atom is -0.394 e. The van der Waals surface area contributed by atoms with Gasteiger partial charge in [0.15, 0.2) is 24.7 Å². The van der Waals surface area contributed by atoms with E-state index in [0.717, 1.165) is 36.8 Å². The molecule has 8 rings (SSSR count). The Morgan fingerprint density at radius 2 is 1.54 bits per heavy atom. The Morgan fingerprint density at radius 3 is 2.25 bits per heavy atom. The molecule has 0 spiro atoms. The Kier molecular flexibility index (Phi) is 13.1. The zero-order valence-electron chi connectivity index (χ0n) is 35.9. The highest BCUT2D eigenvalue weighted by molar-refractivity contribution is 5.29. The molecule has 0 aromatic carbocycles. The van der Waals surface area contributed by atoms with Gasteiger partial charge >= 0.3 is 0 Å². The number of allylic oxidation sites excluding steroid dienone is 2. The van der Waals surface area contributed by atoms with E-state index in [1.54, 1.807) is 0 Å². The van der Waals surface area contributed by atoms with Gasteiger partial charge < -0.3 is 84.2 Å². The number of hydrogen-bond donors (Lipinski definition) is 10. The molecule has 0 amide bonds. The SMILES string of the molecule is C=C(C)CCC1(O)O[C@H]2C[C@H]3[C@@H]4CC=C5C[C@@H](O)C[C@@H](O[C@@H]6OC[C@H](O)[C@H](O)[C@H]6O[C@@H]6O[C@@H](C)[C@H](O)[C@@H](O[C@@H]7O[C@H](CO)[C@@H](O)[C@H](O)[C@H]7O)[C@H]6O)[C@]5(C)[C@H]4CC[C@]3(C)[C@H]2[C@@H]1C. The van der Waals surface area contributed by atoms with Crippen LogP contribution in [0.2, 0.25) is 0 Å². The molecule has 4 aliphatic carbocycles. The van der Waals surface area contributed by atoms with Crippen LogP contribution in [0.25, 0.3) is 0 Å². The van der Waals surface area contributed by atoms with Crippen molar-refractivity contribution in [2.45, 2.75) is 196 Å². The predicted octanol–water partition coefficient (Wildman–Crippen LogP) is -0.274. The highest BCUT2D eigenvalue weighted by Gasteiger charge is 2.69. The maximum Gasteiger partial charge on any atom is 0.187 e. The molecule has 348 valence electrons. The summed E-state index contributed by atoms with van der Waals surface area (Å²) >= 11 is 0. The molecule has 17 heteroatoms. The maximum absolute atomic E-state index is 11.7. The van der Waals surface area contributed by atoms with Crippen molar-refractivity contribution < 1.29 is 84.2 Å². The summed E-state index contributed by atoms with van der Waals surface area (Å²) in [4.78, 5) is 0. The van der Waals surface area contributed by atoms with Crippen molar-refractivity contribution in [3.05, 3.63) is 23.8 Å². The van der Waals surface area contributed by atoms with Crippen molar-refractivity contribution in [1.29, 1.82) is 0 Å². The normalized spacial score (nSPS) is 55.8. The van der Waals surface area contributed by atoms with Gasteiger partial charge in [0, 0.05) is 24.2 Å². The second kappa shape index (κ2) is 17.2. The topological polar surface area (TPSA) is 267 Å². The van der Waals surface area contributed by atoms with E-state index in [1.807, 2.05) is 6.92 Å². The van der Waals surface area contributed by atoms with Gasteiger partial charge in [-0.25, -0.2) is 0 Å². The van der Waals surface area contributed by atoms with Crippen LogP contribution in [0, 0.1) is 40.4 Å². The molecule has 0 bridgehead atoms. The smallest absolute Gasteiger partial charge is 0.187 e. The Balaban J connectivity index is 1.01. The third-order valence-corrected chi connectivity index (χ3v) is 16.7. The zero-order valence-corrected chi connectivity index (χ0v) is 35.9. The summed E-state index contributed by atoms with van der Waals surface area (Å²) in [6, 6.07) is 0. The summed E-state index contributed by atoms with van der Waals surface area (Å²) in [5.74, 6) is -0.236. The van der Waals surface area contributed by atoms with Gasteiger partial charge in [-0.1, -0.05) is 38.0 Å². The van der Waals surface area contributed by atoms with Crippen molar-refractivity contribution in [3.63, 3.8) is 0 Å². The van der Waals surface area contributed by atoms with Gasteiger partial charge in [0.05, 0.1) is 37.6 Å². The minimum absolute atomic E-state index is 0.0377. The van der Waals surface area contributed by atoms with E-state index in [4.69, 9.17) is 33.2 Å². The van der Waals surface area contributed by atoms with Crippen LogP contribution in [0.1, 0.15) is 86.0 Å². The Labute approximate surface area is 357 Å². The van der Waals surface area contributed by atoms with E-state index in [1.165, 1.54) is 6.92 Å². The average molecular weight is 871 g/mol. The van der Waals surface area contributed by atoms with Crippen LogP contribution in [0.4, 0.5) is 0 Å². The summed E-state index contributed by atoms with van der Waals surface area (Å²) in [7, 11) is 0. The Bertz CT molecular complexity index is 1610. The molecule has 4 heterocycles. The molecule has 0 radical (unpaired) electrons. The van der Waals surface area contributed by atoms with Gasteiger partial charge in [0.2, 0.25) is 0 Å². The van der Waals surface area contributed by atoms with Crippen molar-refractivity contribution in [3.8, 4) is 0 Å². The number of aliphatic hydroxyl groups excluding tert-OH is 9. The monoisotopic (exact) mass is 870 g/mol. The lowest BCUT2D eigenvalue weighted by Crippen LogP contribution is -2.65. The molecule has 1 unspecified atom stereocenters. The van der Waals surface area contributed by atoms with Gasteiger partial charge in [-0.2, -0.15) is 0 Å². The summed E-state index contributed by atoms with van der Waals surface area (Å²) in [5, 5.41) is 109. The average Bonchev–Trinajstić information content (AvgIpc) is 3.65. The summed E-state index contributed by atoms with van der Waals surface area (Å²) in [5.41, 5.74) is 1.53. The van der Waals surface area contributed by atoms with E-state index in [2.05, 4.69) is 33.4 Å². The van der Waals surface area contributed by atoms with Gasteiger partial charge in [-0.3, -0.25) is 0 Å². The highest BCUT2D eigenvalue weighted by Crippen LogP contribution is 2.70. The molecule has 17 nitrogen and oxygen atoms in total. The van der Waals surface area contributed by atoms with Crippen molar-refractivity contribution in [2.75, 3.05) is 13.2 Å². The van der Waals surface area contributed by atoms with E-state index in [0.29, 0.717) is 25.2 Å². The van der Waals surface area contributed by atoms with Crippen LogP contribution in [-0.2, 0) is 33.2 Å². The molecule has 7 fully saturated rings. The molecule has 25 atom stereocenters. The molecule has 4 saturated heterocycles. The third-order valence-electron chi connectivity index (χ3n) is 16.7. The van der Waals surface area contributed by atoms with Crippen LogP contribution in [0.3, 0.4) is 0 Å². The molecule has 3 saturated carbocycles. The van der Waals surface area contributed by atoms with Crippen LogP contribution in [0.15, 0.2) is 23.8 Å². The number of ether oxygens (including phenoxy) is 7. The van der Waals surface area contributed by atoms with E-state index < -0.39 is 116 Å². The quantitative estimate of drug-likeness (QED) is 0.127. The van der Waals surface area contributed by atoms with Crippen LogP contribution in [0.5, 0.6) is 0 Å². The summed E-state index contributed by atoms with van der Waals surface area (Å²) in [6.07, 6.45) is -15.1. The molecule has 0 aromatic rings. The highest BCUT2D eigenvalue weighted by atomic mass is 16.8. The number of aliphatic hydroxyl groups is 10. The minimum atomic E-state index is -1.82. The molecule has 10 N–H and O–H groups in total. The molecular formula is C44H70O17. The second-order valence-corrected chi connectivity index (χ2v) is 20.2. The van der Waals surface area contributed by atoms with Crippen LogP contribution in [-0.4, -0.2) is 174 Å². The lowest BCUT2D eigenvalue weighted by molar-refractivity contribution is -0.381. The second-order valence-electron chi connectivity index (χ2n) is 20.2. The maximum atomic E-state index is 11.7. The number of hydrogen-bond acceptors (Lipinski definition) is 17. The Morgan fingerprint density at radius 1 is 0.836 bits per heavy atom. The lowest BCUT2D eigenvalue weighted by atomic mass is 9.46. The van der Waals surface area contributed by atoms with Crippen molar-refractivity contribution >= 4 is 0 Å². The first-order valence-electron chi connectivity index (χ1n) is 22.4. The fraction of sp³-hybridized carbons (Fsp3) is 0.909. The first-order valence-corrected chi connectivity index (χ1v) is 22.4. The lowest BCUT2D eigenvalue weighted by Gasteiger charge is -2.60.